The number of benzene rings is 1. The Morgan fingerprint density at radius 2 is 2.13 bits per heavy atom. The maximum Gasteiger partial charge on any atom is 0.321 e. The summed E-state index contributed by atoms with van der Waals surface area (Å²) in [5.74, 6) is 0. The number of amides is 2. The van der Waals surface area contributed by atoms with E-state index in [0.29, 0.717) is 15.7 Å². The Morgan fingerprint density at radius 1 is 1.35 bits per heavy atom. The highest BCUT2D eigenvalue weighted by molar-refractivity contribution is 6.36. The number of ether oxygens (including phenoxy) is 1. The van der Waals surface area contributed by atoms with Gasteiger partial charge in [-0.2, -0.15) is 0 Å². The van der Waals surface area contributed by atoms with Crippen molar-refractivity contribution in [2.75, 3.05) is 25.5 Å². The van der Waals surface area contributed by atoms with Crippen LogP contribution in [0.5, 0.6) is 0 Å². The second kappa shape index (κ2) is 6.88. The normalized spacial score (nSPS) is 27.4. The van der Waals surface area contributed by atoms with E-state index >= 15 is 0 Å². The van der Waals surface area contributed by atoms with Crippen molar-refractivity contribution in [1.29, 1.82) is 0 Å². The van der Waals surface area contributed by atoms with Gasteiger partial charge < -0.3 is 15.0 Å². The molecule has 3 rings (SSSR count). The molecule has 0 bridgehead atoms. The Labute approximate surface area is 147 Å². The van der Waals surface area contributed by atoms with Crippen LogP contribution in [0.1, 0.15) is 32.1 Å². The first-order chi connectivity index (χ1) is 11.0. The number of nitrogens with zero attached hydrogens (tertiary/aromatic N) is 1. The van der Waals surface area contributed by atoms with E-state index in [9.17, 15) is 4.79 Å². The molecule has 6 heteroatoms. The molecule has 1 aliphatic heterocycles. The fourth-order valence-corrected chi connectivity index (χ4v) is 4.52. The van der Waals surface area contributed by atoms with Crippen LogP contribution in [-0.4, -0.2) is 37.2 Å². The van der Waals surface area contributed by atoms with Crippen LogP contribution in [0.4, 0.5) is 10.5 Å². The van der Waals surface area contributed by atoms with Crippen LogP contribution in [0.15, 0.2) is 18.2 Å². The molecule has 1 saturated heterocycles. The lowest BCUT2D eigenvalue weighted by Gasteiger charge is -2.43. The van der Waals surface area contributed by atoms with Crippen LogP contribution in [0.2, 0.25) is 10.0 Å². The molecule has 4 nitrogen and oxygen atoms in total. The number of urea groups is 1. The molecule has 1 heterocycles. The molecule has 1 N–H and O–H groups in total. The summed E-state index contributed by atoms with van der Waals surface area (Å²) in [5, 5.41) is 3.91. The van der Waals surface area contributed by atoms with Crippen molar-refractivity contribution in [1.82, 2.24) is 4.90 Å². The standard InChI is InChI=1S/C17H22Cl2N2O2/c1-23-15-4-2-7-17(15)8-3-9-21(11-17)16(22)20-14-6-5-12(18)10-13(14)19/h5-6,10,15H,2-4,7-9,11H2,1H3,(H,20,22)/t15-,17+/m1/s1. The molecular weight excluding hydrogens is 335 g/mol. The SMILES string of the molecule is CO[C@@H]1CCC[C@@]12CCCN(C(=O)Nc1ccc(Cl)cc1Cl)C2. The minimum absolute atomic E-state index is 0.102. The zero-order chi connectivity index (χ0) is 16.4. The Bertz CT molecular complexity index is 596. The number of carbonyl (C=O) groups excluding carboxylic acids is 1. The van der Waals surface area contributed by atoms with E-state index in [0.717, 1.165) is 38.8 Å². The lowest BCUT2D eigenvalue weighted by atomic mass is 9.76. The van der Waals surface area contributed by atoms with E-state index in [1.807, 2.05) is 4.90 Å². The number of nitrogens with one attached hydrogen (secondary N) is 1. The van der Waals surface area contributed by atoms with Crippen molar-refractivity contribution in [3.8, 4) is 0 Å². The van der Waals surface area contributed by atoms with Crippen molar-refractivity contribution in [2.45, 2.75) is 38.2 Å². The zero-order valence-corrected chi connectivity index (χ0v) is 14.8. The molecule has 2 atom stereocenters. The third-order valence-corrected chi connectivity index (χ3v) is 5.72. The molecule has 0 unspecified atom stereocenters. The van der Waals surface area contributed by atoms with Crippen LogP contribution in [0, 0.1) is 5.41 Å². The van der Waals surface area contributed by atoms with Crippen LogP contribution < -0.4 is 5.32 Å². The average Bonchev–Trinajstić information content (AvgIpc) is 2.92. The van der Waals surface area contributed by atoms with Gasteiger partial charge in [0.2, 0.25) is 0 Å². The number of methoxy groups -OCH3 is 1. The van der Waals surface area contributed by atoms with Gasteiger partial charge in [-0.25, -0.2) is 4.79 Å². The van der Waals surface area contributed by atoms with Crippen LogP contribution in [0.3, 0.4) is 0 Å². The molecule has 1 aromatic carbocycles. The molecule has 2 amide bonds. The quantitative estimate of drug-likeness (QED) is 0.826. The first-order valence-corrected chi connectivity index (χ1v) is 8.83. The summed E-state index contributed by atoms with van der Waals surface area (Å²) in [7, 11) is 1.78. The number of likely N-dealkylation sites (tertiary alicyclic amines) is 1. The molecule has 1 saturated carbocycles. The van der Waals surface area contributed by atoms with E-state index in [1.54, 1.807) is 25.3 Å². The second-order valence-corrected chi connectivity index (χ2v) is 7.40. The van der Waals surface area contributed by atoms with E-state index in [-0.39, 0.29) is 17.6 Å². The zero-order valence-electron chi connectivity index (χ0n) is 13.3. The molecule has 0 radical (unpaired) electrons. The van der Waals surface area contributed by atoms with Gasteiger partial charge in [-0.3, -0.25) is 0 Å². The Kier molecular flexibility index (Phi) is 5.04. The lowest BCUT2D eigenvalue weighted by molar-refractivity contribution is -0.0244. The predicted octanol–water partition coefficient (Wildman–Crippen LogP) is 4.81. The van der Waals surface area contributed by atoms with Gasteiger partial charge in [0.25, 0.3) is 0 Å². The first kappa shape index (κ1) is 16.9. The van der Waals surface area contributed by atoms with Crippen molar-refractivity contribution in [2.24, 2.45) is 5.41 Å². The van der Waals surface area contributed by atoms with E-state index in [1.165, 1.54) is 6.42 Å². The fourth-order valence-electron chi connectivity index (χ4n) is 4.06. The van der Waals surface area contributed by atoms with Crippen molar-refractivity contribution in [3.05, 3.63) is 28.2 Å². The number of anilines is 1. The van der Waals surface area contributed by atoms with Gasteiger partial charge in [0.05, 0.1) is 16.8 Å². The summed E-state index contributed by atoms with van der Waals surface area (Å²) in [4.78, 5) is 14.5. The summed E-state index contributed by atoms with van der Waals surface area (Å²) >= 11 is 12.0. The molecule has 0 aromatic heterocycles. The molecule has 126 valence electrons. The Balaban J connectivity index is 1.70. The van der Waals surface area contributed by atoms with Gasteiger partial charge in [-0.15, -0.1) is 0 Å². The fraction of sp³-hybridized carbons (Fsp3) is 0.588. The van der Waals surface area contributed by atoms with Crippen molar-refractivity contribution in [3.63, 3.8) is 0 Å². The van der Waals surface area contributed by atoms with Gasteiger partial charge in [-0.1, -0.05) is 29.6 Å². The smallest absolute Gasteiger partial charge is 0.321 e. The topological polar surface area (TPSA) is 41.6 Å². The number of piperidine rings is 1. The van der Waals surface area contributed by atoms with Gasteiger partial charge in [0.1, 0.15) is 0 Å². The van der Waals surface area contributed by atoms with Gasteiger partial charge in [0.15, 0.2) is 0 Å². The largest absolute Gasteiger partial charge is 0.381 e. The number of hydrogen-bond donors (Lipinski definition) is 1. The predicted molar refractivity (Wildman–Crippen MR) is 93.4 cm³/mol. The third kappa shape index (κ3) is 3.44. The second-order valence-electron chi connectivity index (χ2n) is 6.56. The highest BCUT2D eigenvalue weighted by atomic mass is 35.5. The van der Waals surface area contributed by atoms with E-state index < -0.39 is 0 Å². The van der Waals surface area contributed by atoms with Gasteiger partial charge >= 0.3 is 6.03 Å². The monoisotopic (exact) mass is 356 g/mol. The summed E-state index contributed by atoms with van der Waals surface area (Å²) in [6.45, 7) is 1.53. The lowest BCUT2D eigenvalue weighted by Crippen LogP contribution is -2.51. The highest BCUT2D eigenvalue weighted by Crippen LogP contribution is 2.46. The summed E-state index contributed by atoms with van der Waals surface area (Å²) in [6.07, 6.45) is 5.82. The molecule has 1 aliphatic carbocycles. The van der Waals surface area contributed by atoms with Crippen LogP contribution in [0.25, 0.3) is 0 Å². The number of rotatable bonds is 2. The minimum Gasteiger partial charge on any atom is -0.381 e. The highest BCUT2D eigenvalue weighted by Gasteiger charge is 2.46. The summed E-state index contributed by atoms with van der Waals surface area (Å²) in [5.41, 5.74) is 0.712. The Hall–Kier alpha value is -0.970. The van der Waals surface area contributed by atoms with Crippen molar-refractivity contribution < 1.29 is 9.53 Å². The van der Waals surface area contributed by atoms with Gasteiger partial charge in [0, 0.05) is 30.6 Å². The number of hydrogen-bond acceptors (Lipinski definition) is 2. The average molecular weight is 357 g/mol. The molecule has 1 aromatic rings. The summed E-state index contributed by atoms with van der Waals surface area (Å²) in [6, 6.07) is 4.98. The maximum atomic E-state index is 12.6. The molecule has 2 aliphatic rings. The molecule has 2 fully saturated rings. The first-order valence-electron chi connectivity index (χ1n) is 8.08. The number of carbonyl (C=O) groups is 1. The minimum atomic E-state index is -0.102. The third-order valence-electron chi connectivity index (χ3n) is 5.18. The van der Waals surface area contributed by atoms with Crippen LogP contribution >= 0.6 is 23.2 Å². The van der Waals surface area contributed by atoms with Crippen molar-refractivity contribution >= 4 is 34.9 Å². The maximum absolute atomic E-state index is 12.6. The molecular formula is C17H22Cl2N2O2. The van der Waals surface area contributed by atoms with E-state index in [4.69, 9.17) is 27.9 Å². The van der Waals surface area contributed by atoms with Gasteiger partial charge in [-0.05, 0) is 43.9 Å². The summed E-state index contributed by atoms with van der Waals surface area (Å²) < 4.78 is 5.69. The van der Waals surface area contributed by atoms with E-state index in [2.05, 4.69) is 5.32 Å². The Morgan fingerprint density at radius 3 is 2.87 bits per heavy atom. The molecule has 1 spiro atoms. The number of halogens is 2. The molecule has 23 heavy (non-hydrogen) atoms. The van der Waals surface area contributed by atoms with Crippen LogP contribution in [-0.2, 0) is 4.74 Å².